The average Bonchev–Trinajstić information content (AvgIpc) is 3.36. The molecule has 190 valence electrons. The van der Waals surface area contributed by atoms with Gasteiger partial charge < -0.3 is 24.8 Å². The number of hydrazone groups is 1. The van der Waals surface area contributed by atoms with Crippen molar-refractivity contribution in [2.75, 3.05) is 18.7 Å². The van der Waals surface area contributed by atoms with Crippen molar-refractivity contribution in [3.05, 3.63) is 82.9 Å². The van der Waals surface area contributed by atoms with Crippen LogP contribution in [-0.4, -0.2) is 37.3 Å². The zero-order valence-corrected chi connectivity index (χ0v) is 20.4. The van der Waals surface area contributed by atoms with Crippen LogP contribution in [0.3, 0.4) is 0 Å². The molecule has 4 rings (SSSR count). The number of anilines is 1. The van der Waals surface area contributed by atoms with Gasteiger partial charge in [-0.1, -0.05) is 35.9 Å². The number of carbonyl (C=O) groups is 3. The van der Waals surface area contributed by atoms with E-state index in [1.54, 1.807) is 42.5 Å². The summed E-state index contributed by atoms with van der Waals surface area (Å²) >= 11 is 0. The van der Waals surface area contributed by atoms with Crippen molar-refractivity contribution >= 4 is 29.6 Å². The van der Waals surface area contributed by atoms with Crippen molar-refractivity contribution in [1.29, 1.82) is 0 Å². The summed E-state index contributed by atoms with van der Waals surface area (Å²) in [5, 5.41) is 9.16. The Kier molecular flexibility index (Phi) is 7.99. The maximum Gasteiger partial charge on any atom is 0.329 e. The van der Waals surface area contributed by atoms with Crippen LogP contribution < -0.4 is 30.3 Å². The fourth-order valence-electron chi connectivity index (χ4n) is 3.50. The number of fused-ring (bicyclic) bond motifs is 1. The van der Waals surface area contributed by atoms with E-state index >= 15 is 0 Å². The molecule has 0 saturated carbocycles. The number of hydrogen-bond acceptors (Lipinski definition) is 7. The number of hydrogen-bond donors (Lipinski definition) is 3. The third kappa shape index (κ3) is 7.07. The minimum atomic E-state index is -0.910. The van der Waals surface area contributed by atoms with Gasteiger partial charge in [0.2, 0.25) is 6.79 Å². The molecule has 0 aromatic heterocycles. The first-order valence-electron chi connectivity index (χ1n) is 11.5. The highest BCUT2D eigenvalue weighted by molar-refractivity contribution is 6.35. The monoisotopic (exact) mass is 502 g/mol. The molecule has 0 atom stereocenters. The fraction of sp³-hybridized carbons (Fsp3) is 0.185. The number of nitrogens with one attached hydrogen (secondary N) is 3. The number of nitrogens with zero attached hydrogens (tertiary/aromatic N) is 1. The summed E-state index contributed by atoms with van der Waals surface area (Å²) in [5.74, 6) is -0.349. The summed E-state index contributed by atoms with van der Waals surface area (Å²) in [6, 6.07) is 17.8. The van der Waals surface area contributed by atoms with Gasteiger partial charge in [0.15, 0.2) is 18.1 Å². The molecule has 3 aromatic rings. The molecule has 1 heterocycles. The average molecular weight is 503 g/mol. The van der Waals surface area contributed by atoms with Crippen LogP contribution in [0.2, 0.25) is 0 Å². The van der Waals surface area contributed by atoms with Crippen LogP contribution in [0.4, 0.5) is 5.69 Å². The predicted molar refractivity (Wildman–Crippen MR) is 137 cm³/mol. The lowest BCUT2D eigenvalue weighted by atomic mass is 10.1. The molecule has 3 amide bonds. The van der Waals surface area contributed by atoms with Gasteiger partial charge in [-0.15, -0.1) is 0 Å². The Morgan fingerprint density at radius 3 is 2.65 bits per heavy atom. The van der Waals surface area contributed by atoms with Gasteiger partial charge in [0.25, 0.3) is 5.91 Å². The summed E-state index contributed by atoms with van der Waals surface area (Å²) in [4.78, 5) is 36.3. The van der Waals surface area contributed by atoms with Crippen molar-refractivity contribution in [2.24, 2.45) is 5.10 Å². The summed E-state index contributed by atoms with van der Waals surface area (Å²) in [5.41, 5.74) is 6.36. The first kappa shape index (κ1) is 25.2. The van der Waals surface area contributed by atoms with E-state index in [0.29, 0.717) is 22.8 Å². The number of benzene rings is 3. The van der Waals surface area contributed by atoms with Crippen molar-refractivity contribution in [1.82, 2.24) is 10.7 Å². The van der Waals surface area contributed by atoms with Gasteiger partial charge in [-0.25, -0.2) is 5.43 Å². The first-order valence-corrected chi connectivity index (χ1v) is 11.5. The molecule has 0 spiro atoms. The summed E-state index contributed by atoms with van der Waals surface area (Å²) in [6.45, 7) is 4.04. The quantitative estimate of drug-likeness (QED) is 0.247. The number of ether oxygens (including phenoxy) is 3. The Morgan fingerprint density at radius 1 is 0.973 bits per heavy atom. The molecule has 0 bridgehead atoms. The van der Waals surface area contributed by atoms with Gasteiger partial charge in [0.05, 0.1) is 6.21 Å². The maximum atomic E-state index is 12.3. The molecule has 3 aromatic carbocycles. The second kappa shape index (κ2) is 11.7. The zero-order chi connectivity index (χ0) is 26.2. The van der Waals surface area contributed by atoms with Crippen LogP contribution >= 0.6 is 0 Å². The highest BCUT2D eigenvalue weighted by Crippen LogP contribution is 2.32. The number of carbonyl (C=O) groups excluding carboxylic acids is 3. The van der Waals surface area contributed by atoms with Crippen molar-refractivity contribution < 1.29 is 28.6 Å². The van der Waals surface area contributed by atoms with Gasteiger partial charge in [-0.05, 0) is 60.9 Å². The van der Waals surface area contributed by atoms with E-state index in [1.165, 1.54) is 6.21 Å². The second-order valence-corrected chi connectivity index (χ2v) is 8.30. The lowest BCUT2D eigenvalue weighted by Crippen LogP contribution is -2.37. The Balaban J connectivity index is 1.22. The van der Waals surface area contributed by atoms with Crippen LogP contribution in [-0.2, 0) is 20.9 Å². The molecule has 0 aliphatic carbocycles. The van der Waals surface area contributed by atoms with Crippen molar-refractivity contribution in [3.63, 3.8) is 0 Å². The summed E-state index contributed by atoms with van der Waals surface area (Å²) < 4.78 is 16.1. The van der Waals surface area contributed by atoms with Gasteiger partial charge in [0, 0.05) is 12.2 Å². The van der Waals surface area contributed by atoms with E-state index in [2.05, 4.69) is 21.2 Å². The highest BCUT2D eigenvalue weighted by atomic mass is 16.7. The first-order chi connectivity index (χ1) is 17.9. The largest absolute Gasteiger partial charge is 0.484 e. The molecule has 1 aliphatic rings. The van der Waals surface area contributed by atoms with Crippen LogP contribution in [0, 0.1) is 13.8 Å². The molecular formula is C27H26N4O6. The minimum absolute atomic E-state index is 0.142. The van der Waals surface area contributed by atoms with Crippen LogP contribution in [0.25, 0.3) is 0 Å². The Bertz CT molecular complexity index is 1350. The van der Waals surface area contributed by atoms with E-state index in [0.717, 1.165) is 22.4 Å². The second-order valence-electron chi connectivity index (χ2n) is 8.30. The SMILES string of the molecule is Cc1ccc(NC(=O)COc2cccc(/C=N\NC(=O)C(=O)NCc3ccc4c(c3)OCO4)c2)c(C)c1. The third-order valence-electron chi connectivity index (χ3n) is 5.36. The van der Waals surface area contributed by atoms with Gasteiger partial charge in [0.1, 0.15) is 5.75 Å². The Hall–Kier alpha value is -4.86. The number of rotatable bonds is 8. The van der Waals surface area contributed by atoms with Crippen LogP contribution in [0.5, 0.6) is 17.2 Å². The summed E-state index contributed by atoms with van der Waals surface area (Å²) in [6.07, 6.45) is 1.37. The van der Waals surface area contributed by atoms with Gasteiger partial charge in [-0.3, -0.25) is 14.4 Å². The van der Waals surface area contributed by atoms with Gasteiger partial charge in [-0.2, -0.15) is 5.10 Å². The standard InChI is InChI=1S/C27H26N4O6/c1-17-6-8-22(18(2)10-17)30-25(32)15-35-21-5-3-4-19(11-21)14-29-31-27(34)26(33)28-13-20-7-9-23-24(12-20)37-16-36-23/h3-12,14H,13,15-16H2,1-2H3,(H,28,33)(H,30,32)(H,31,34)/b29-14-. The van der Waals surface area contributed by atoms with Crippen LogP contribution in [0.1, 0.15) is 22.3 Å². The molecule has 0 unspecified atom stereocenters. The topological polar surface area (TPSA) is 127 Å². The van der Waals surface area contributed by atoms with Crippen molar-refractivity contribution in [2.45, 2.75) is 20.4 Å². The smallest absolute Gasteiger partial charge is 0.329 e. The molecule has 3 N–H and O–H groups in total. The predicted octanol–water partition coefficient (Wildman–Crippen LogP) is 2.82. The van der Waals surface area contributed by atoms with E-state index < -0.39 is 11.8 Å². The van der Waals surface area contributed by atoms with Crippen molar-refractivity contribution in [3.8, 4) is 17.2 Å². The lowest BCUT2D eigenvalue weighted by molar-refractivity contribution is -0.139. The Labute approximate surface area is 213 Å². The molecule has 10 nitrogen and oxygen atoms in total. The molecule has 0 radical (unpaired) electrons. The third-order valence-corrected chi connectivity index (χ3v) is 5.36. The molecule has 0 fully saturated rings. The van der Waals surface area contributed by atoms with E-state index in [1.807, 2.05) is 32.0 Å². The maximum absolute atomic E-state index is 12.3. The minimum Gasteiger partial charge on any atom is -0.484 e. The highest BCUT2D eigenvalue weighted by Gasteiger charge is 2.15. The number of amides is 3. The Morgan fingerprint density at radius 2 is 1.81 bits per heavy atom. The molecule has 37 heavy (non-hydrogen) atoms. The van der Waals surface area contributed by atoms with E-state index in [9.17, 15) is 14.4 Å². The lowest BCUT2D eigenvalue weighted by Gasteiger charge is -2.10. The number of aryl methyl sites for hydroxylation is 2. The molecule has 0 saturated heterocycles. The zero-order valence-electron chi connectivity index (χ0n) is 20.4. The molecule has 10 heteroatoms. The normalized spacial score (nSPS) is 11.7. The molecular weight excluding hydrogens is 476 g/mol. The van der Waals surface area contributed by atoms with Gasteiger partial charge >= 0.3 is 11.8 Å². The molecule has 1 aliphatic heterocycles. The van der Waals surface area contributed by atoms with E-state index in [-0.39, 0.29) is 25.9 Å². The fourth-order valence-corrected chi connectivity index (χ4v) is 3.50. The summed E-state index contributed by atoms with van der Waals surface area (Å²) in [7, 11) is 0. The van der Waals surface area contributed by atoms with E-state index in [4.69, 9.17) is 14.2 Å². The van der Waals surface area contributed by atoms with Crippen LogP contribution in [0.15, 0.2) is 65.8 Å².